The van der Waals surface area contributed by atoms with E-state index in [1.807, 2.05) is 0 Å². The molecule has 0 aliphatic rings. The van der Waals surface area contributed by atoms with Crippen molar-refractivity contribution in [3.63, 3.8) is 0 Å². The average molecular weight is 219 g/mol. The van der Waals surface area contributed by atoms with Crippen LogP contribution in [0.25, 0.3) is 0 Å². The van der Waals surface area contributed by atoms with Gasteiger partial charge in [0.2, 0.25) is 0 Å². The molecule has 0 aliphatic carbocycles. The van der Waals surface area contributed by atoms with Gasteiger partial charge in [-0.05, 0) is 0 Å². The van der Waals surface area contributed by atoms with Gasteiger partial charge in [-0.15, -0.1) is 0 Å². The van der Waals surface area contributed by atoms with Gasteiger partial charge in [-0.1, -0.05) is 0 Å². The molecule has 0 unspecified atom stereocenters. The number of rotatable bonds is 0. The Morgan fingerprint density at radius 3 is 0.750 bits per heavy atom. The molecule has 0 aromatic rings. The first-order valence-corrected chi connectivity index (χ1v) is 0. The Morgan fingerprint density at radius 2 is 0.750 bits per heavy atom. The van der Waals surface area contributed by atoms with E-state index in [2.05, 4.69) is 0 Å². The fourth-order valence-corrected chi connectivity index (χ4v) is 0. The molecular formula is H7InO2Zn. The van der Waals surface area contributed by atoms with Crippen molar-refractivity contribution >= 4 is 25.8 Å². The zero-order valence-corrected chi connectivity index (χ0v) is 4.67. The van der Waals surface area contributed by atoms with Crippen molar-refractivity contribution in [1.82, 2.24) is 0 Å². The standard InChI is InChI=1S/In.2H2O.Zn.3H/h;2*1H2;;;;. The monoisotopic (exact) mass is 218 g/mol. The molecular weight excluding hydrogens is 212 g/mol. The molecule has 0 heterocycles. The van der Waals surface area contributed by atoms with Crippen LogP contribution >= 0.6 is 0 Å². The summed E-state index contributed by atoms with van der Waals surface area (Å²) >= 11 is 0. The van der Waals surface area contributed by atoms with E-state index in [0.29, 0.717) is 0 Å². The van der Waals surface area contributed by atoms with Gasteiger partial charge < -0.3 is 11.0 Å². The van der Waals surface area contributed by atoms with E-state index < -0.39 is 0 Å². The van der Waals surface area contributed by atoms with Gasteiger partial charge in [-0.25, -0.2) is 0 Å². The van der Waals surface area contributed by atoms with Crippen molar-refractivity contribution in [2.45, 2.75) is 0 Å². The largest absolute Gasteiger partial charge is 0 e. The van der Waals surface area contributed by atoms with Crippen molar-refractivity contribution in [3.8, 4) is 0 Å². The van der Waals surface area contributed by atoms with Gasteiger partial charge in [0.25, 0.3) is 0 Å². The second-order valence-electron chi connectivity index (χ2n) is 0. The molecule has 0 atom stereocenters. The van der Waals surface area contributed by atoms with E-state index in [1.54, 1.807) is 0 Å². The first-order chi connectivity index (χ1) is 0. The average Bonchev–Trinajstić information content (AvgIpc) is 0. The summed E-state index contributed by atoms with van der Waals surface area (Å²) in [5, 5.41) is 0. The molecule has 4 heteroatoms. The van der Waals surface area contributed by atoms with Gasteiger partial charge >= 0.3 is 25.8 Å². The Kier molecular flexibility index (Phi) is 340. The Balaban J connectivity index is 0. The molecule has 0 amide bonds. The van der Waals surface area contributed by atoms with E-state index in [4.69, 9.17) is 0 Å². The van der Waals surface area contributed by atoms with Gasteiger partial charge in [-0.3, -0.25) is 0 Å². The van der Waals surface area contributed by atoms with Crippen LogP contribution in [-0.4, -0.2) is 36.8 Å². The molecule has 0 rings (SSSR count). The molecule has 0 radical (unpaired) electrons. The van der Waals surface area contributed by atoms with Crippen molar-refractivity contribution < 1.29 is 30.4 Å². The summed E-state index contributed by atoms with van der Waals surface area (Å²) in [5.74, 6) is 0. The summed E-state index contributed by atoms with van der Waals surface area (Å²) < 4.78 is 0. The maximum Gasteiger partial charge on any atom is 0 e. The second-order valence-corrected chi connectivity index (χ2v) is 0. The number of hydrogen-bond acceptors (Lipinski definition) is 0. The minimum absolute atomic E-state index is 0. The van der Waals surface area contributed by atoms with Gasteiger partial charge in [0.05, 0.1) is 0 Å². The van der Waals surface area contributed by atoms with E-state index in [-0.39, 0.29) is 56.3 Å². The predicted molar refractivity (Wildman–Crippen MR) is 17.2 cm³/mol. The Labute approximate surface area is 56.1 Å². The van der Waals surface area contributed by atoms with Gasteiger partial charge in [0, 0.05) is 19.5 Å². The third kappa shape index (κ3) is 9.95. The second kappa shape index (κ2) is 25.7. The maximum atomic E-state index is 0. The Hall–Kier alpha value is 1.41. The Bertz CT molecular complexity index is 6.00. The molecule has 0 saturated carbocycles. The quantitative estimate of drug-likeness (QED) is 0.394. The molecule has 4 heavy (non-hydrogen) atoms. The third-order valence-corrected chi connectivity index (χ3v) is 0. The van der Waals surface area contributed by atoms with Crippen LogP contribution in [0.2, 0.25) is 0 Å². The van der Waals surface area contributed by atoms with Crippen LogP contribution in [0.5, 0.6) is 0 Å². The minimum atomic E-state index is 0. The molecule has 0 aromatic heterocycles. The van der Waals surface area contributed by atoms with Crippen LogP contribution in [0.4, 0.5) is 0 Å². The molecule has 4 N–H and O–H groups in total. The summed E-state index contributed by atoms with van der Waals surface area (Å²) in [4.78, 5) is 0. The molecule has 0 aromatic carbocycles. The molecule has 2 nitrogen and oxygen atoms in total. The summed E-state index contributed by atoms with van der Waals surface area (Å²) in [7, 11) is 0. The third-order valence-electron chi connectivity index (χ3n) is 0. The van der Waals surface area contributed by atoms with E-state index >= 15 is 0 Å². The first kappa shape index (κ1) is 52.8. The van der Waals surface area contributed by atoms with Crippen LogP contribution < -0.4 is 0 Å². The zero-order chi connectivity index (χ0) is 0. The normalized spacial score (nSPS) is 0. The summed E-state index contributed by atoms with van der Waals surface area (Å²) in [6.45, 7) is 0. The fraction of sp³-hybridized carbons (Fsp3) is 0. The summed E-state index contributed by atoms with van der Waals surface area (Å²) in [6, 6.07) is 0. The van der Waals surface area contributed by atoms with E-state index in [9.17, 15) is 0 Å². The van der Waals surface area contributed by atoms with Gasteiger partial charge in [-0.2, -0.15) is 0 Å². The summed E-state index contributed by atoms with van der Waals surface area (Å²) in [6.07, 6.45) is 0. The van der Waals surface area contributed by atoms with Crippen LogP contribution in [0.3, 0.4) is 0 Å². The molecule has 0 spiro atoms. The van der Waals surface area contributed by atoms with E-state index in [1.165, 1.54) is 0 Å². The van der Waals surface area contributed by atoms with Gasteiger partial charge in [0.1, 0.15) is 0 Å². The van der Waals surface area contributed by atoms with E-state index in [0.717, 1.165) is 0 Å². The SMILES string of the molecule is O.O.[InH3].[Zn]. The van der Waals surface area contributed by atoms with Crippen molar-refractivity contribution in [2.24, 2.45) is 0 Å². The topological polar surface area (TPSA) is 63.0 Å². The predicted octanol–water partition coefficient (Wildman–Crippen LogP) is -2.84. The first-order valence-electron chi connectivity index (χ1n) is 0. The molecule has 24 valence electrons. The smallest absolute Gasteiger partial charge is 0 e. The van der Waals surface area contributed by atoms with Gasteiger partial charge in [0.15, 0.2) is 0 Å². The summed E-state index contributed by atoms with van der Waals surface area (Å²) in [5.41, 5.74) is 0. The Morgan fingerprint density at radius 1 is 0.750 bits per heavy atom. The number of hydrogen-bond donors (Lipinski definition) is 0. The van der Waals surface area contributed by atoms with Crippen molar-refractivity contribution in [3.05, 3.63) is 0 Å². The van der Waals surface area contributed by atoms with Crippen molar-refractivity contribution in [2.75, 3.05) is 0 Å². The molecule has 0 aliphatic heterocycles. The fourth-order valence-electron chi connectivity index (χ4n) is 0. The maximum absolute atomic E-state index is 0. The molecule has 0 bridgehead atoms. The van der Waals surface area contributed by atoms with Crippen LogP contribution in [0, 0.1) is 0 Å². The van der Waals surface area contributed by atoms with Crippen LogP contribution in [0.1, 0.15) is 0 Å². The molecule has 0 fully saturated rings. The zero-order valence-electron chi connectivity index (χ0n) is 1.71. The minimum Gasteiger partial charge on any atom is 0 e. The van der Waals surface area contributed by atoms with Crippen molar-refractivity contribution in [1.29, 1.82) is 0 Å². The van der Waals surface area contributed by atoms with Crippen LogP contribution in [-0.2, 0) is 19.5 Å². The van der Waals surface area contributed by atoms with Crippen LogP contribution in [0.15, 0.2) is 0 Å². The molecule has 0 saturated heterocycles.